The molecule has 7 heteroatoms. The maximum absolute atomic E-state index is 12.2. The van der Waals surface area contributed by atoms with Crippen molar-refractivity contribution in [3.63, 3.8) is 0 Å². The Kier molecular flexibility index (Phi) is 4.92. The normalized spacial score (nSPS) is 24.5. The first-order chi connectivity index (χ1) is 10.0. The molecule has 0 aromatic carbocycles. The van der Waals surface area contributed by atoms with Crippen LogP contribution in [0.5, 0.6) is 0 Å². The van der Waals surface area contributed by atoms with Crippen LogP contribution in [0, 0.1) is 0 Å². The smallest absolute Gasteiger partial charge is 0.352 e. The van der Waals surface area contributed by atoms with Crippen LogP contribution in [0.25, 0.3) is 0 Å². The molecule has 0 bridgehead atoms. The third-order valence-corrected chi connectivity index (χ3v) is 4.93. The zero-order chi connectivity index (χ0) is 15.6. The number of fused-ring (bicyclic) bond motifs is 1. The van der Waals surface area contributed by atoms with E-state index in [1.807, 2.05) is 13.8 Å². The molecule has 6 nitrogen and oxygen atoms in total. The highest BCUT2D eigenvalue weighted by atomic mass is 32.2. The molecule has 2 rings (SSSR count). The van der Waals surface area contributed by atoms with E-state index >= 15 is 0 Å². The number of carbonyl (C=O) groups is 3. The average molecular weight is 312 g/mol. The molecule has 21 heavy (non-hydrogen) atoms. The van der Waals surface area contributed by atoms with Gasteiger partial charge >= 0.3 is 5.97 Å². The van der Waals surface area contributed by atoms with Crippen molar-refractivity contribution in [3.05, 3.63) is 11.3 Å². The van der Waals surface area contributed by atoms with E-state index in [2.05, 4.69) is 5.32 Å². The summed E-state index contributed by atoms with van der Waals surface area (Å²) in [5.74, 6) is -0.932. The monoisotopic (exact) mass is 312 g/mol. The summed E-state index contributed by atoms with van der Waals surface area (Å²) in [4.78, 5) is 36.6. The average Bonchev–Trinajstić information content (AvgIpc) is 2.44. The van der Waals surface area contributed by atoms with E-state index in [0.29, 0.717) is 18.6 Å². The Morgan fingerprint density at radius 3 is 2.67 bits per heavy atom. The molecule has 2 N–H and O–H groups in total. The number of amides is 2. The number of nitrogens with zero attached hydrogens (tertiary/aromatic N) is 1. The molecule has 2 aliphatic heterocycles. The van der Waals surface area contributed by atoms with Gasteiger partial charge in [-0.15, -0.1) is 11.8 Å². The second-order valence-electron chi connectivity index (χ2n) is 5.21. The SMILES string of the molecule is CCCC(=O)NC1C(=O)N2C(C(=O)O)=C(CCC)CSC12. The van der Waals surface area contributed by atoms with E-state index in [1.54, 1.807) is 0 Å². The second kappa shape index (κ2) is 6.51. The van der Waals surface area contributed by atoms with E-state index < -0.39 is 12.0 Å². The number of hydrogen-bond donors (Lipinski definition) is 2. The lowest BCUT2D eigenvalue weighted by Crippen LogP contribution is -2.70. The molecule has 0 saturated carbocycles. The Morgan fingerprint density at radius 1 is 1.38 bits per heavy atom. The Bertz CT molecular complexity index is 503. The first-order valence-corrected chi connectivity index (χ1v) is 8.25. The molecule has 1 fully saturated rings. The number of carboxylic acid groups (broad SMARTS) is 1. The fourth-order valence-corrected chi connectivity index (χ4v) is 4.04. The molecule has 116 valence electrons. The molecule has 0 aromatic heterocycles. The summed E-state index contributed by atoms with van der Waals surface area (Å²) in [6.07, 6.45) is 2.62. The molecule has 2 unspecified atom stereocenters. The van der Waals surface area contributed by atoms with Crippen LogP contribution in [0.3, 0.4) is 0 Å². The van der Waals surface area contributed by atoms with E-state index in [9.17, 15) is 19.5 Å². The van der Waals surface area contributed by atoms with Gasteiger partial charge in [0.15, 0.2) is 0 Å². The topological polar surface area (TPSA) is 86.7 Å². The van der Waals surface area contributed by atoms with Crippen molar-refractivity contribution in [2.45, 2.75) is 50.9 Å². The van der Waals surface area contributed by atoms with Crippen molar-refractivity contribution in [1.29, 1.82) is 0 Å². The molecule has 1 saturated heterocycles. The second-order valence-corrected chi connectivity index (χ2v) is 6.32. The predicted molar refractivity (Wildman–Crippen MR) is 79.5 cm³/mol. The lowest BCUT2D eigenvalue weighted by molar-refractivity contribution is -0.150. The van der Waals surface area contributed by atoms with Crippen LogP contribution in [0.2, 0.25) is 0 Å². The van der Waals surface area contributed by atoms with Crippen LogP contribution in [-0.4, -0.2) is 45.0 Å². The standard InChI is InChI=1S/C14H20N2O4S/c1-3-5-8-7-21-13-10(15-9(17)6-4-2)12(18)16(13)11(8)14(19)20/h10,13H,3-7H2,1-2H3,(H,15,17)(H,19,20). The molecule has 0 radical (unpaired) electrons. The summed E-state index contributed by atoms with van der Waals surface area (Å²) in [6.45, 7) is 3.88. The van der Waals surface area contributed by atoms with Crippen molar-refractivity contribution < 1.29 is 19.5 Å². The third-order valence-electron chi connectivity index (χ3n) is 3.60. The minimum absolute atomic E-state index is 0.117. The van der Waals surface area contributed by atoms with Gasteiger partial charge in [0.1, 0.15) is 17.1 Å². The van der Waals surface area contributed by atoms with E-state index in [-0.39, 0.29) is 22.9 Å². The summed E-state index contributed by atoms with van der Waals surface area (Å²) in [5, 5.41) is 11.8. The zero-order valence-corrected chi connectivity index (χ0v) is 13.0. The fraction of sp³-hybridized carbons (Fsp3) is 0.643. The highest BCUT2D eigenvalue weighted by Crippen LogP contribution is 2.41. The highest BCUT2D eigenvalue weighted by Gasteiger charge is 2.53. The lowest BCUT2D eigenvalue weighted by atomic mass is 10.0. The van der Waals surface area contributed by atoms with Gasteiger partial charge in [-0.1, -0.05) is 20.3 Å². The van der Waals surface area contributed by atoms with Gasteiger partial charge < -0.3 is 10.4 Å². The number of carbonyl (C=O) groups excluding carboxylic acids is 2. The number of β-lactam (4-membered cyclic amide) rings is 1. The zero-order valence-electron chi connectivity index (χ0n) is 12.2. The van der Waals surface area contributed by atoms with E-state index in [4.69, 9.17) is 0 Å². The van der Waals surface area contributed by atoms with Crippen molar-refractivity contribution in [2.24, 2.45) is 0 Å². The van der Waals surface area contributed by atoms with Crippen LogP contribution in [0.1, 0.15) is 39.5 Å². The Hall–Kier alpha value is -1.50. The van der Waals surface area contributed by atoms with Crippen LogP contribution < -0.4 is 5.32 Å². The minimum Gasteiger partial charge on any atom is -0.477 e. The maximum Gasteiger partial charge on any atom is 0.352 e. The molecule has 2 heterocycles. The fourth-order valence-electron chi connectivity index (χ4n) is 2.65. The Labute approximate surface area is 127 Å². The van der Waals surface area contributed by atoms with Crippen molar-refractivity contribution >= 4 is 29.5 Å². The molecule has 0 aliphatic carbocycles. The number of thioether (sulfide) groups is 1. The van der Waals surface area contributed by atoms with Gasteiger partial charge in [0.25, 0.3) is 5.91 Å². The maximum atomic E-state index is 12.2. The van der Waals surface area contributed by atoms with Crippen LogP contribution in [-0.2, 0) is 14.4 Å². The first kappa shape index (κ1) is 15.9. The summed E-state index contributed by atoms with van der Waals surface area (Å²) in [7, 11) is 0. The van der Waals surface area contributed by atoms with Gasteiger partial charge in [0, 0.05) is 12.2 Å². The third kappa shape index (κ3) is 2.92. The molecule has 2 aliphatic rings. The van der Waals surface area contributed by atoms with Crippen molar-refractivity contribution in [3.8, 4) is 0 Å². The van der Waals surface area contributed by atoms with Crippen LogP contribution in [0.4, 0.5) is 0 Å². The molecular formula is C14H20N2O4S. The highest BCUT2D eigenvalue weighted by molar-refractivity contribution is 8.00. The predicted octanol–water partition coefficient (Wildman–Crippen LogP) is 1.33. The largest absolute Gasteiger partial charge is 0.477 e. The van der Waals surface area contributed by atoms with Gasteiger partial charge in [-0.05, 0) is 18.4 Å². The Morgan fingerprint density at radius 2 is 2.10 bits per heavy atom. The molecule has 0 aromatic rings. The van der Waals surface area contributed by atoms with Crippen molar-refractivity contribution in [2.75, 3.05) is 5.75 Å². The van der Waals surface area contributed by atoms with Gasteiger partial charge in [0.05, 0.1) is 0 Å². The number of carboxylic acids is 1. The van der Waals surface area contributed by atoms with E-state index in [1.165, 1.54) is 16.7 Å². The number of hydrogen-bond acceptors (Lipinski definition) is 4. The van der Waals surface area contributed by atoms with E-state index in [0.717, 1.165) is 18.4 Å². The first-order valence-electron chi connectivity index (χ1n) is 7.20. The van der Waals surface area contributed by atoms with Crippen molar-refractivity contribution in [1.82, 2.24) is 10.2 Å². The van der Waals surface area contributed by atoms with Crippen LogP contribution >= 0.6 is 11.8 Å². The Balaban J connectivity index is 2.15. The number of nitrogens with one attached hydrogen (secondary N) is 1. The molecule has 0 spiro atoms. The van der Waals surface area contributed by atoms with Gasteiger partial charge in [-0.25, -0.2) is 4.79 Å². The molecule has 2 amide bonds. The van der Waals surface area contributed by atoms with Crippen LogP contribution in [0.15, 0.2) is 11.3 Å². The summed E-state index contributed by atoms with van der Waals surface area (Å²) in [5.41, 5.74) is 0.921. The van der Waals surface area contributed by atoms with Gasteiger partial charge in [0.2, 0.25) is 5.91 Å². The van der Waals surface area contributed by atoms with Gasteiger partial charge in [-0.3, -0.25) is 14.5 Å². The van der Waals surface area contributed by atoms with Gasteiger partial charge in [-0.2, -0.15) is 0 Å². The summed E-state index contributed by atoms with van der Waals surface area (Å²) in [6, 6.07) is -0.591. The molecule has 2 atom stereocenters. The lowest BCUT2D eigenvalue weighted by Gasteiger charge is -2.49. The molecular weight excluding hydrogens is 292 g/mol. The summed E-state index contributed by atoms with van der Waals surface area (Å²) >= 11 is 1.52. The number of aliphatic carboxylic acids is 1. The minimum atomic E-state index is -1.06. The quantitative estimate of drug-likeness (QED) is 0.723. The number of rotatable bonds is 6. The summed E-state index contributed by atoms with van der Waals surface area (Å²) < 4.78 is 0.